The fourth-order valence-electron chi connectivity index (χ4n) is 5.88. The van der Waals surface area contributed by atoms with E-state index in [0.717, 1.165) is 41.7 Å². The fraction of sp³-hybridized carbons (Fsp3) is 0.444. The minimum atomic E-state index is -4.79. The first-order chi connectivity index (χ1) is 18.2. The molecule has 3 atom stereocenters. The summed E-state index contributed by atoms with van der Waals surface area (Å²) in [6, 6.07) is 8.00. The van der Waals surface area contributed by atoms with E-state index in [1.54, 1.807) is 17.0 Å². The van der Waals surface area contributed by atoms with Crippen LogP contribution in [0.3, 0.4) is 0 Å². The lowest BCUT2D eigenvalue weighted by Gasteiger charge is -2.43. The van der Waals surface area contributed by atoms with Crippen LogP contribution < -0.4 is 20.9 Å². The van der Waals surface area contributed by atoms with Gasteiger partial charge in [0.25, 0.3) is 11.5 Å². The van der Waals surface area contributed by atoms with Crippen LogP contribution in [0.15, 0.2) is 58.7 Å². The van der Waals surface area contributed by atoms with Gasteiger partial charge in [0.05, 0.1) is 31.3 Å². The first-order valence-corrected chi connectivity index (χ1v) is 12.7. The minimum absolute atomic E-state index is 0.0820. The Kier molecular flexibility index (Phi) is 6.93. The maximum atomic E-state index is 14.0. The lowest BCUT2D eigenvalue weighted by Crippen LogP contribution is -2.53. The molecule has 2 aromatic rings. The average Bonchev–Trinajstić information content (AvgIpc) is 3.17. The first-order valence-electron chi connectivity index (χ1n) is 12.7. The van der Waals surface area contributed by atoms with Crippen molar-refractivity contribution >= 4 is 11.8 Å². The summed E-state index contributed by atoms with van der Waals surface area (Å²) in [6.45, 7) is 0.102. The van der Waals surface area contributed by atoms with Crippen LogP contribution in [0.2, 0.25) is 0 Å². The van der Waals surface area contributed by atoms with Crippen molar-refractivity contribution in [3.05, 3.63) is 75.3 Å². The van der Waals surface area contributed by atoms with Crippen molar-refractivity contribution in [2.75, 3.05) is 13.7 Å². The highest BCUT2D eigenvalue weighted by Gasteiger charge is 2.46. The number of methoxy groups -OCH3 is 1. The Balaban J connectivity index is 1.56. The van der Waals surface area contributed by atoms with Crippen LogP contribution in [0.1, 0.15) is 49.3 Å². The van der Waals surface area contributed by atoms with Gasteiger partial charge >= 0.3 is 6.18 Å². The molecule has 2 amide bonds. The van der Waals surface area contributed by atoms with Crippen molar-refractivity contribution in [2.24, 2.45) is 0 Å². The standard InChI is InChI=1S/C27H29F3N4O4/c1-38-21-11-5-2-7-16(21)24-23-19(15-31-25(23)36)32-18-9-3-4-10-20(18)34(24)22(35)12-14-33-13-6-8-17(26(33)37)27(28,29)30/h2,5-8,11,13,18,20,24,32H,3-4,9-10,12,14-15H2,1H3,(H,31,36)/t18-,20-,24-/m1/s1. The van der Waals surface area contributed by atoms with Gasteiger partial charge in [-0.25, -0.2) is 0 Å². The predicted molar refractivity (Wildman–Crippen MR) is 132 cm³/mol. The SMILES string of the molecule is COc1ccccc1[C@@H]1C2=C(CNC2=O)N[C@@H]2CCCC[C@H]2N1C(=O)CCn1cccc(C(F)(F)F)c1=O. The second kappa shape index (κ2) is 10.2. The molecule has 1 aromatic heterocycles. The molecule has 5 rings (SSSR count). The van der Waals surface area contributed by atoms with Gasteiger partial charge in [0.1, 0.15) is 11.3 Å². The topological polar surface area (TPSA) is 92.7 Å². The molecular formula is C27H29F3N4O4. The molecule has 1 aromatic carbocycles. The Hall–Kier alpha value is -3.76. The Bertz CT molecular complexity index is 1340. The average molecular weight is 531 g/mol. The number of alkyl halides is 3. The third-order valence-corrected chi connectivity index (χ3v) is 7.61. The lowest BCUT2D eigenvalue weighted by atomic mass is 9.87. The summed E-state index contributed by atoms with van der Waals surface area (Å²) in [4.78, 5) is 41.3. The molecule has 11 heteroatoms. The summed E-state index contributed by atoms with van der Waals surface area (Å²) < 4.78 is 46.3. The quantitative estimate of drug-likeness (QED) is 0.620. The van der Waals surface area contributed by atoms with Crippen molar-refractivity contribution in [1.82, 2.24) is 20.1 Å². The largest absolute Gasteiger partial charge is 0.496 e. The van der Waals surface area contributed by atoms with Gasteiger partial charge < -0.3 is 24.8 Å². The van der Waals surface area contributed by atoms with Gasteiger partial charge in [-0.05, 0) is 31.0 Å². The molecule has 0 saturated heterocycles. The van der Waals surface area contributed by atoms with Gasteiger partial charge in [-0.3, -0.25) is 14.4 Å². The molecule has 1 fully saturated rings. The van der Waals surface area contributed by atoms with E-state index in [2.05, 4.69) is 10.6 Å². The fourth-order valence-corrected chi connectivity index (χ4v) is 5.88. The number of benzene rings is 1. The number of aromatic nitrogens is 1. The molecule has 3 aliphatic rings. The maximum absolute atomic E-state index is 14.0. The van der Waals surface area contributed by atoms with E-state index >= 15 is 0 Å². The van der Waals surface area contributed by atoms with Crippen LogP contribution in [0.25, 0.3) is 0 Å². The highest BCUT2D eigenvalue weighted by Crippen LogP contribution is 2.43. The number of rotatable bonds is 5. The number of aryl methyl sites for hydroxylation is 1. The second-order valence-electron chi connectivity index (χ2n) is 9.79. The summed E-state index contributed by atoms with van der Waals surface area (Å²) in [7, 11) is 1.52. The molecule has 0 unspecified atom stereocenters. The molecule has 2 aliphatic heterocycles. The summed E-state index contributed by atoms with van der Waals surface area (Å²) in [5.41, 5.74) is -0.636. The minimum Gasteiger partial charge on any atom is -0.496 e. The van der Waals surface area contributed by atoms with Gasteiger partial charge in [-0.2, -0.15) is 13.2 Å². The van der Waals surface area contributed by atoms with Crippen molar-refractivity contribution in [2.45, 2.75) is 63.0 Å². The van der Waals surface area contributed by atoms with Crippen molar-refractivity contribution in [1.29, 1.82) is 0 Å². The van der Waals surface area contributed by atoms with E-state index in [0.29, 0.717) is 29.9 Å². The zero-order valence-corrected chi connectivity index (χ0v) is 20.9. The lowest BCUT2D eigenvalue weighted by molar-refractivity contribution is -0.139. The number of ether oxygens (including phenoxy) is 1. The Morgan fingerprint density at radius 3 is 2.63 bits per heavy atom. The van der Waals surface area contributed by atoms with Gasteiger partial charge in [0.15, 0.2) is 0 Å². The molecule has 2 N–H and O–H groups in total. The van der Waals surface area contributed by atoms with Crippen LogP contribution in [-0.4, -0.2) is 47.0 Å². The smallest absolute Gasteiger partial charge is 0.421 e. The molecule has 3 heterocycles. The van der Waals surface area contributed by atoms with Crippen LogP contribution in [0.4, 0.5) is 13.2 Å². The van der Waals surface area contributed by atoms with Gasteiger partial charge in [0.2, 0.25) is 5.91 Å². The van der Waals surface area contributed by atoms with Crippen molar-refractivity contribution < 1.29 is 27.5 Å². The van der Waals surface area contributed by atoms with E-state index in [1.807, 2.05) is 12.1 Å². The van der Waals surface area contributed by atoms with Crippen LogP contribution in [0.5, 0.6) is 5.75 Å². The highest BCUT2D eigenvalue weighted by atomic mass is 19.4. The number of hydrogen-bond acceptors (Lipinski definition) is 5. The van der Waals surface area contributed by atoms with Crippen LogP contribution in [0, 0.1) is 0 Å². The molecule has 0 radical (unpaired) electrons. The summed E-state index contributed by atoms with van der Waals surface area (Å²) in [5.74, 6) is -0.114. The Morgan fingerprint density at radius 1 is 1.11 bits per heavy atom. The molecule has 0 bridgehead atoms. The van der Waals surface area contributed by atoms with E-state index in [4.69, 9.17) is 4.74 Å². The van der Waals surface area contributed by atoms with Crippen LogP contribution in [-0.2, 0) is 22.3 Å². The number of carbonyl (C=O) groups excluding carboxylic acids is 2. The summed E-state index contributed by atoms with van der Waals surface area (Å²) in [6.07, 6.45) is -0.356. The third-order valence-electron chi connectivity index (χ3n) is 7.61. The molecule has 0 spiro atoms. The zero-order valence-electron chi connectivity index (χ0n) is 20.9. The van der Waals surface area contributed by atoms with Gasteiger partial charge in [-0.1, -0.05) is 31.0 Å². The van der Waals surface area contributed by atoms with Crippen LogP contribution >= 0.6 is 0 Å². The molecule has 38 heavy (non-hydrogen) atoms. The number of nitrogens with one attached hydrogen (secondary N) is 2. The molecule has 8 nitrogen and oxygen atoms in total. The van der Waals surface area contributed by atoms with Gasteiger partial charge in [0, 0.05) is 36.5 Å². The van der Waals surface area contributed by atoms with Gasteiger partial charge in [-0.15, -0.1) is 0 Å². The highest BCUT2D eigenvalue weighted by molar-refractivity contribution is 5.99. The first kappa shape index (κ1) is 25.9. The normalized spacial score (nSPS) is 23.2. The number of pyridine rings is 1. The Labute approximate surface area is 217 Å². The number of carbonyl (C=O) groups is 2. The van der Waals surface area contributed by atoms with Crippen molar-refractivity contribution in [3.8, 4) is 5.75 Å². The molecule has 1 saturated carbocycles. The molecule has 202 valence electrons. The number of nitrogens with zero attached hydrogens (tertiary/aromatic N) is 2. The zero-order chi connectivity index (χ0) is 27.0. The van der Waals surface area contributed by atoms with E-state index < -0.39 is 23.3 Å². The second-order valence-corrected chi connectivity index (χ2v) is 9.79. The monoisotopic (exact) mass is 530 g/mol. The summed E-state index contributed by atoms with van der Waals surface area (Å²) >= 11 is 0. The summed E-state index contributed by atoms with van der Waals surface area (Å²) in [5, 5.41) is 6.38. The Morgan fingerprint density at radius 2 is 1.87 bits per heavy atom. The van der Waals surface area contributed by atoms with E-state index in [-0.39, 0.29) is 36.9 Å². The van der Waals surface area contributed by atoms with E-state index in [9.17, 15) is 27.6 Å². The number of hydrogen-bond donors (Lipinski definition) is 2. The number of amides is 2. The van der Waals surface area contributed by atoms with Crippen molar-refractivity contribution in [3.63, 3.8) is 0 Å². The number of fused-ring (bicyclic) bond motifs is 1. The predicted octanol–water partition coefficient (Wildman–Crippen LogP) is 3.13. The molecular weight excluding hydrogens is 501 g/mol. The third kappa shape index (κ3) is 4.65. The maximum Gasteiger partial charge on any atom is 0.421 e. The molecule has 1 aliphatic carbocycles. The number of para-hydroxylation sites is 1. The van der Waals surface area contributed by atoms with E-state index in [1.165, 1.54) is 13.3 Å². The number of halogens is 3.